The zero-order valence-corrected chi connectivity index (χ0v) is 13.5. The van der Waals surface area contributed by atoms with E-state index in [9.17, 15) is 13.2 Å². The quantitative estimate of drug-likeness (QED) is 0.920. The van der Waals surface area contributed by atoms with E-state index in [1.54, 1.807) is 18.2 Å². The number of amides is 1. The van der Waals surface area contributed by atoms with Gasteiger partial charge in [-0.1, -0.05) is 48.0 Å². The predicted octanol–water partition coefficient (Wildman–Crippen LogP) is 2.26. The first kappa shape index (κ1) is 16.2. The Morgan fingerprint density at radius 1 is 1.05 bits per heavy atom. The van der Waals surface area contributed by atoms with E-state index in [0.29, 0.717) is 12.1 Å². The SMILES string of the molecule is Cc1ccc(CNC(=O)Cc2ccccc2S(C)(=O)=O)cc1. The molecule has 5 heteroatoms. The van der Waals surface area contributed by atoms with Gasteiger partial charge in [0, 0.05) is 12.8 Å². The predicted molar refractivity (Wildman–Crippen MR) is 86.3 cm³/mol. The van der Waals surface area contributed by atoms with Gasteiger partial charge in [0.05, 0.1) is 11.3 Å². The van der Waals surface area contributed by atoms with Crippen LogP contribution in [0.2, 0.25) is 0 Å². The Hall–Kier alpha value is -2.14. The van der Waals surface area contributed by atoms with Gasteiger partial charge in [-0.15, -0.1) is 0 Å². The molecule has 1 amide bonds. The van der Waals surface area contributed by atoms with Crippen molar-refractivity contribution in [3.8, 4) is 0 Å². The summed E-state index contributed by atoms with van der Waals surface area (Å²) in [6, 6.07) is 14.5. The Morgan fingerprint density at radius 2 is 1.68 bits per heavy atom. The Morgan fingerprint density at radius 3 is 2.32 bits per heavy atom. The molecule has 2 aromatic rings. The van der Waals surface area contributed by atoms with Crippen molar-refractivity contribution < 1.29 is 13.2 Å². The van der Waals surface area contributed by atoms with Crippen LogP contribution in [-0.4, -0.2) is 20.6 Å². The highest BCUT2D eigenvalue weighted by atomic mass is 32.2. The lowest BCUT2D eigenvalue weighted by atomic mass is 10.1. The van der Waals surface area contributed by atoms with Crippen LogP contribution >= 0.6 is 0 Å². The lowest BCUT2D eigenvalue weighted by Gasteiger charge is -2.09. The van der Waals surface area contributed by atoms with E-state index in [4.69, 9.17) is 0 Å². The van der Waals surface area contributed by atoms with E-state index in [2.05, 4.69) is 5.32 Å². The van der Waals surface area contributed by atoms with Gasteiger partial charge in [0.2, 0.25) is 5.91 Å². The summed E-state index contributed by atoms with van der Waals surface area (Å²) in [6.07, 6.45) is 1.20. The smallest absolute Gasteiger partial charge is 0.224 e. The number of carbonyl (C=O) groups excluding carboxylic acids is 1. The fourth-order valence-corrected chi connectivity index (χ4v) is 3.10. The van der Waals surface area contributed by atoms with Gasteiger partial charge in [-0.05, 0) is 24.1 Å². The zero-order valence-electron chi connectivity index (χ0n) is 12.7. The topological polar surface area (TPSA) is 63.2 Å². The number of nitrogens with one attached hydrogen (secondary N) is 1. The van der Waals surface area contributed by atoms with Gasteiger partial charge in [0.15, 0.2) is 9.84 Å². The summed E-state index contributed by atoms with van der Waals surface area (Å²) in [5, 5.41) is 2.81. The Labute approximate surface area is 131 Å². The molecule has 4 nitrogen and oxygen atoms in total. The van der Waals surface area contributed by atoms with E-state index in [1.165, 1.54) is 6.07 Å². The number of rotatable bonds is 5. The van der Waals surface area contributed by atoms with E-state index in [1.807, 2.05) is 31.2 Å². The molecule has 0 aliphatic rings. The molecule has 116 valence electrons. The standard InChI is InChI=1S/C17H19NO3S/c1-13-7-9-14(10-8-13)12-18-17(19)11-15-5-3-4-6-16(15)22(2,20)21/h3-10H,11-12H2,1-2H3,(H,18,19). The van der Waals surface area contributed by atoms with Crippen molar-refractivity contribution >= 4 is 15.7 Å². The first-order chi connectivity index (χ1) is 10.4. The maximum absolute atomic E-state index is 12.0. The number of sulfone groups is 1. The lowest BCUT2D eigenvalue weighted by molar-refractivity contribution is -0.120. The third-order valence-corrected chi connectivity index (χ3v) is 4.53. The van der Waals surface area contributed by atoms with Crippen LogP contribution in [0.4, 0.5) is 0 Å². The number of carbonyl (C=O) groups is 1. The molecule has 2 rings (SSSR count). The summed E-state index contributed by atoms with van der Waals surface area (Å²) < 4.78 is 23.4. The summed E-state index contributed by atoms with van der Waals surface area (Å²) in [5.41, 5.74) is 2.69. The van der Waals surface area contributed by atoms with Crippen LogP contribution < -0.4 is 5.32 Å². The molecule has 22 heavy (non-hydrogen) atoms. The van der Waals surface area contributed by atoms with Crippen molar-refractivity contribution in [3.63, 3.8) is 0 Å². The molecule has 0 saturated carbocycles. The summed E-state index contributed by atoms with van der Waals surface area (Å²) in [5.74, 6) is -0.198. The van der Waals surface area contributed by atoms with Crippen LogP contribution in [-0.2, 0) is 27.6 Å². The highest BCUT2D eigenvalue weighted by molar-refractivity contribution is 7.90. The van der Waals surface area contributed by atoms with E-state index < -0.39 is 9.84 Å². The van der Waals surface area contributed by atoms with E-state index >= 15 is 0 Å². The van der Waals surface area contributed by atoms with Gasteiger partial charge < -0.3 is 5.32 Å². The Bertz CT molecular complexity index is 765. The lowest BCUT2D eigenvalue weighted by Crippen LogP contribution is -2.25. The summed E-state index contributed by atoms with van der Waals surface area (Å²) >= 11 is 0. The van der Waals surface area contributed by atoms with Crippen molar-refractivity contribution in [3.05, 3.63) is 65.2 Å². The van der Waals surface area contributed by atoms with Crippen molar-refractivity contribution in [1.29, 1.82) is 0 Å². The Kier molecular flexibility index (Phi) is 4.98. The van der Waals surface area contributed by atoms with E-state index in [0.717, 1.165) is 17.4 Å². The maximum Gasteiger partial charge on any atom is 0.224 e. The molecule has 0 spiro atoms. The molecule has 0 saturated heterocycles. The van der Waals surface area contributed by atoms with Crippen LogP contribution in [0, 0.1) is 6.92 Å². The minimum atomic E-state index is -3.33. The first-order valence-electron chi connectivity index (χ1n) is 6.96. The van der Waals surface area contributed by atoms with Crippen LogP contribution in [0.15, 0.2) is 53.4 Å². The van der Waals surface area contributed by atoms with Gasteiger partial charge in [-0.25, -0.2) is 8.42 Å². The minimum Gasteiger partial charge on any atom is -0.352 e. The molecule has 0 fully saturated rings. The van der Waals surface area contributed by atoms with Gasteiger partial charge in [0.25, 0.3) is 0 Å². The van der Waals surface area contributed by atoms with E-state index in [-0.39, 0.29) is 17.2 Å². The van der Waals surface area contributed by atoms with Gasteiger partial charge >= 0.3 is 0 Å². The first-order valence-corrected chi connectivity index (χ1v) is 8.85. The fraction of sp³-hybridized carbons (Fsp3) is 0.235. The zero-order chi connectivity index (χ0) is 16.2. The summed E-state index contributed by atoms with van der Waals surface area (Å²) in [7, 11) is -3.33. The number of hydrogen-bond donors (Lipinski definition) is 1. The monoisotopic (exact) mass is 317 g/mol. The molecule has 0 unspecified atom stereocenters. The van der Waals surface area contributed by atoms with Gasteiger partial charge in [-0.3, -0.25) is 4.79 Å². The van der Waals surface area contributed by atoms with Crippen LogP contribution in [0.25, 0.3) is 0 Å². The van der Waals surface area contributed by atoms with Crippen LogP contribution in [0.5, 0.6) is 0 Å². The molecule has 0 aliphatic heterocycles. The summed E-state index contributed by atoms with van der Waals surface area (Å²) in [6.45, 7) is 2.44. The maximum atomic E-state index is 12.0. The normalized spacial score (nSPS) is 11.2. The molecule has 0 aliphatic carbocycles. The third-order valence-electron chi connectivity index (χ3n) is 3.33. The highest BCUT2D eigenvalue weighted by Crippen LogP contribution is 2.15. The molecule has 0 atom stereocenters. The average molecular weight is 317 g/mol. The second-order valence-corrected chi connectivity index (χ2v) is 7.30. The summed E-state index contributed by atoms with van der Waals surface area (Å²) in [4.78, 5) is 12.2. The van der Waals surface area contributed by atoms with Crippen molar-refractivity contribution in [1.82, 2.24) is 5.32 Å². The average Bonchev–Trinajstić information content (AvgIpc) is 2.46. The van der Waals surface area contributed by atoms with Gasteiger partial charge in [-0.2, -0.15) is 0 Å². The molecule has 0 bridgehead atoms. The molecule has 2 aromatic carbocycles. The van der Waals surface area contributed by atoms with Crippen LogP contribution in [0.1, 0.15) is 16.7 Å². The molecule has 0 aromatic heterocycles. The Balaban J connectivity index is 2.02. The second kappa shape index (κ2) is 6.75. The third kappa shape index (κ3) is 4.43. The number of benzene rings is 2. The fourth-order valence-electron chi connectivity index (χ4n) is 2.15. The van der Waals surface area contributed by atoms with Crippen molar-refractivity contribution in [2.24, 2.45) is 0 Å². The van der Waals surface area contributed by atoms with Crippen LogP contribution in [0.3, 0.4) is 0 Å². The molecule has 0 heterocycles. The molecular weight excluding hydrogens is 298 g/mol. The number of aryl methyl sites for hydroxylation is 1. The largest absolute Gasteiger partial charge is 0.352 e. The molecule has 1 N–H and O–H groups in total. The molecule has 0 radical (unpaired) electrons. The molecular formula is C17H19NO3S. The highest BCUT2D eigenvalue weighted by Gasteiger charge is 2.14. The van der Waals surface area contributed by atoms with Crippen molar-refractivity contribution in [2.45, 2.75) is 24.8 Å². The van der Waals surface area contributed by atoms with Gasteiger partial charge in [0.1, 0.15) is 0 Å². The van der Waals surface area contributed by atoms with Crippen molar-refractivity contribution in [2.75, 3.05) is 6.26 Å². The number of hydrogen-bond acceptors (Lipinski definition) is 3. The minimum absolute atomic E-state index is 0.0507. The second-order valence-electron chi connectivity index (χ2n) is 5.32.